The molecule has 0 spiro atoms. The zero-order chi connectivity index (χ0) is 24.4. The van der Waals surface area contributed by atoms with Crippen molar-refractivity contribution >= 4 is 21.8 Å². The molecule has 4 heteroatoms. The lowest BCUT2D eigenvalue weighted by Crippen LogP contribution is -2.11. The number of benzene rings is 4. The van der Waals surface area contributed by atoms with E-state index in [0.29, 0.717) is 6.61 Å². The first-order chi connectivity index (χ1) is 17.0. The van der Waals surface area contributed by atoms with Gasteiger partial charge in [0.2, 0.25) is 0 Å². The molecule has 1 unspecified atom stereocenters. The highest BCUT2D eigenvalue weighted by molar-refractivity contribution is 5.85. The van der Waals surface area contributed by atoms with Crippen LogP contribution in [0.3, 0.4) is 0 Å². The number of hydrogen-bond donors (Lipinski definition) is 0. The lowest BCUT2D eigenvalue weighted by atomic mass is 9.97. The summed E-state index contributed by atoms with van der Waals surface area (Å²) in [5.41, 5.74) is 5.86. The summed E-state index contributed by atoms with van der Waals surface area (Å²) in [5.74, 6) is 3.10. The lowest BCUT2D eigenvalue weighted by Gasteiger charge is -2.17. The molecule has 0 aliphatic rings. The van der Waals surface area contributed by atoms with E-state index in [0.717, 1.165) is 35.8 Å². The van der Waals surface area contributed by atoms with Crippen LogP contribution in [-0.2, 0) is 6.54 Å². The van der Waals surface area contributed by atoms with Crippen LogP contribution in [0, 0.1) is 13.8 Å². The fourth-order valence-corrected chi connectivity index (χ4v) is 4.71. The van der Waals surface area contributed by atoms with Crippen LogP contribution < -0.4 is 9.47 Å². The third kappa shape index (κ3) is 4.74. The summed E-state index contributed by atoms with van der Waals surface area (Å²) < 4.78 is 13.9. The molecule has 1 heterocycles. The number of aryl methyl sites for hydroxylation is 3. The Hall–Kier alpha value is -3.79. The van der Waals surface area contributed by atoms with Gasteiger partial charge in [0.05, 0.1) is 24.8 Å². The van der Waals surface area contributed by atoms with Gasteiger partial charge in [0, 0.05) is 12.5 Å². The summed E-state index contributed by atoms with van der Waals surface area (Å²) in [7, 11) is 1.70. The Bertz CT molecular complexity index is 1480. The van der Waals surface area contributed by atoms with Crippen LogP contribution in [0.15, 0.2) is 78.9 Å². The first kappa shape index (κ1) is 23.0. The van der Waals surface area contributed by atoms with Crippen molar-refractivity contribution in [3.8, 4) is 11.5 Å². The quantitative estimate of drug-likeness (QED) is 0.224. The molecule has 4 nitrogen and oxygen atoms in total. The monoisotopic (exact) mass is 464 g/mol. The van der Waals surface area contributed by atoms with E-state index in [9.17, 15) is 0 Å². The van der Waals surface area contributed by atoms with E-state index in [1.54, 1.807) is 7.11 Å². The van der Waals surface area contributed by atoms with Gasteiger partial charge < -0.3 is 14.0 Å². The van der Waals surface area contributed by atoms with E-state index in [-0.39, 0.29) is 5.92 Å². The average Bonchev–Trinajstić information content (AvgIpc) is 3.26. The lowest BCUT2D eigenvalue weighted by molar-refractivity contribution is 0.299. The summed E-state index contributed by atoms with van der Waals surface area (Å²) in [5, 5.41) is 2.39. The first-order valence-corrected chi connectivity index (χ1v) is 12.3. The normalized spacial score (nSPS) is 12.2. The Morgan fingerprint density at radius 2 is 1.69 bits per heavy atom. The van der Waals surface area contributed by atoms with E-state index in [2.05, 4.69) is 98.1 Å². The van der Waals surface area contributed by atoms with E-state index in [4.69, 9.17) is 14.5 Å². The summed E-state index contributed by atoms with van der Waals surface area (Å²) in [4.78, 5) is 5.06. The molecule has 0 aliphatic heterocycles. The molecule has 178 valence electrons. The van der Waals surface area contributed by atoms with Crippen LogP contribution in [0.5, 0.6) is 11.5 Å². The summed E-state index contributed by atoms with van der Waals surface area (Å²) in [6.07, 6.45) is 0.908. The zero-order valence-electron chi connectivity index (χ0n) is 20.9. The molecule has 0 amide bonds. The molecule has 1 atom stereocenters. The van der Waals surface area contributed by atoms with Gasteiger partial charge in [0.25, 0.3) is 0 Å². The maximum Gasteiger partial charge on any atom is 0.122 e. The van der Waals surface area contributed by atoms with E-state index < -0.39 is 0 Å². The Morgan fingerprint density at radius 3 is 2.54 bits per heavy atom. The molecule has 0 radical (unpaired) electrons. The topological polar surface area (TPSA) is 36.3 Å². The van der Waals surface area contributed by atoms with E-state index in [1.807, 2.05) is 6.07 Å². The summed E-state index contributed by atoms with van der Waals surface area (Å²) in [6, 6.07) is 27.6. The van der Waals surface area contributed by atoms with E-state index >= 15 is 0 Å². The second kappa shape index (κ2) is 9.83. The van der Waals surface area contributed by atoms with Gasteiger partial charge in [-0.05, 0) is 78.1 Å². The number of hydrogen-bond acceptors (Lipinski definition) is 3. The smallest absolute Gasteiger partial charge is 0.122 e. The predicted octanol–water partition coefficient (Wildman–Crippen LogP) is 7.44. The third-order valence-electron chi connectivity index (χ3n) is 6.77. The minimum Gasteiger partial charge on any atom is -0.497 e. The molecule has 0 N–H and O–H groups in total. The number of ether oxygens (including phenoxy) is 2. The van der Waals surface area contributed by atoms with Gasteiger partial charge in [0.1, 0.15) is 17.3 Å². The van der Waals surface area contributed by atoms with Crippen LogP contribution in [0.1, 0.15) is 41.8 Å². The molecule has 0 saturated carbocycles. The Kier molecular flexibility index (Phi) is 6.45. The van der Waals surface area contributed by atoms with Gasteiger partial charge in [0.15, 0.2) is 0 Å². The molecule has 35 heavy (non-hydrogen) atoms. The number of imidazole rings is 1. The number of methoxy groups -OCH3 is 1. The first-order valence-electron chi connectivity index (χ1n) is 12.3. The number of para-hydroxylation sites is 2. The van der Waals surface area contributed by atoms with Gasteiger partial charge in [-0.3, -0.25) is 0 Å². The number of fused-ring (bicyclic) bond motifs is 2. The Labute approximate surface area is 207 Å². The van der Waals surface area contributed by atoms with Crippen LogP contribution in [0.25, 0.3) is 21.8 Å². The summed E-state index contributed by atoms with van der Waals surface area (Å²) in [6.45, 7) is 7.96. The zero-order valence-corrected chi connectivity index (χ0v) is 20.9. The fourth-order valence-electron chi connectivity index (χ4n) is 4.71. The Morgan fingerprint density at radius 1 is 0.886 bits per heavy atom. The third-order valence-corrected chi connectivity index (χ3v) is 6.77. The second-order valence-electron chi connectivity index (χ2n) is 9.28. The maximum atomic E-state index is 6.14. The molecule has 0 saturated heterocycles. The molecular weight excluding hydrogens is 432 g/mol. The standard InChI is InChI=1S/C31H32N2O2/c1-21-10-11-22(2)30(18-21)35-17-7-16-33-29-9-6-5-8-28(29)32-31(33)23(3)24-12-13-26-20-27(34-4)15-14-25(26)19-24/h5-6,8-15,18-20,23H,7,16-17H2,1-4H3. The van der Waals surface area contributed by atoms with Crippen LogP contribution in [-0.4, -0.2) is 23.3 Å². The van der Waals surface area contributed by atoms with Crippen LogP contribution >= 0.6 is 0 Å². The molecule has 5 rings (SSSR count). The van der Waals surface area contributed by atoms with Crippen molar-refractivity contribution in [1.29, 1.82) is 0 Å². The highest BCUT2D eigenvalue weighted by Gasteiger charge is 2.18. The molecular formula is C31H32N2O2. The largest absolute Gasteiger partial charge is 0.497 e. The van der Waals surface area contributed by atoms with Crippen molar-refractivity contribution in [3.05, 3.63) is 101 Å². The average molecular weight is 465 g/mol. The fraction of sp³-hybridized carbons (Fsp3) is 0.258. The highest BCUT2D eigenvalue weighted by Crippen LogP contribution is 2.31. The minimum absolute atomic E-state index is 0.161. The van der Waals surface area contributed by atoms with E-state index in [1.165, 1.54) is 33.0 Å². The van der Waals surface area contributed by atoms with Gasteiger partial charge in [-0.2, -0.15) is 0 Å². The SMILES string of the molecule is COc1ccc2cc(C(C)c3nc4ccccc4n3CCCOc3cc(C)ccc3C)ccc2c1. The predicted molar refractivity (Wildman–Crippen MR) is 144 cm³/mol. The van der Waals surface area contributed by atoms with Gasteiger partial charge in [-0.25, -0.2) is 4.98 Å². The van der Waals surface area contributed by atoms with Crippen LogP contribution in [0.2, 0.25) is 0 Å². The maximum absolute atomic E-state index is 6.14. The molecule has 1 aromatic heterocycles. The van der Waals surface area contributed by atoms with Crippen molar-refractivity contribution in [2.45, 2.75) is 39.7 Å². The molecule has 0 fully saturated rings. The van der Waals surface area contributed by atoms with Crippen LogP contribution in [0.4, 0.5) is 0 Å². The second-order valence-corrected chi connectivity index (χ2v) is 9.28. The van der Waals surface area contributed by atoms with Crippen molar-refractivity contribution in [3.63, 3.8) is 0 Å². The van der Waals surface area contributed by atoms with Crippen molar-refractivity contribution < 1.29 is 9.47 Å². The highest BCUT2D eigenvalue weighted by atomic mass is 16.5. The molecule has 0 bridgehead atoms. The Balaban J connectivity index is 1.40. The number of rotatable bonds is 8. The number of nitrogens with zero attached hydrogens (tertiary/aromatic N) is 2. The van der Waals surface area contributed by atoms with Crippen molar-refractivity contribution in [2.24, 2.45) is 0 Å². The van der Waals surface area contributed by atoms with Gasteiger partial charge >= 0.3 is 0 Å². The van der Waals surface area contributed by atoms with Crippen molar-refractivity contribution in [2.75, 3.05) is 13.7 Å². The minimum atomic E-state index is 0.161. The summed E-state index contributed by atoms with van der Waals surface area (Å²) >= 11 is 0. The number of aromatic nitrogens is 2. The molecule has 5 aromatic rings. The van der Waals surface area contributed by atoms with Gasteiger partial charge in [-0.15, -0.1) is 0 Å². The molecule has 4 aromatic carbocycles. The van der Waals surface area contributed by atoms with Gasteiger partial charge in [-0.1, -0.05) is 55.5 Å². The van der Waals surface area contributed by atoms with Crippen molar-refractivity contribution in [1.82, 2.24) is 9.55 Å². The molecule has 0 aliphatic carbocycles.